The first-order valence-corrected chi connectivity index (χ1v) is 7.43. The number of urea groups is 1. The van der Waals surface area contributed by atoms with E-state index < -0.39 is 0 Å². The Morgan fingerprint density at radius 3 is 2.76 bits per heavy atom. The highest BCUT2D eigenvalue weighted by Crippen LogP contribution is 2.32. The average molecular weight is 292 g/mol. The first-order chi connectivity index (χ1) is 10.3. The molecular weight excluding hydrogens is 268 g/mol. The van der Waals surface area contributed by atoms with Crippen molar-refractivity contribution >= 4 is 6.03 Å². The lowest BCUT2D eigenvalue weighted by Gasteiger charge is -2.25. The second kappa shape index (κ2) is 7.88. The van der Waals surface area contributed by atoms with Crippen molar-refractivity contribution in [3.63, 3.8) is 0 Å². The van der Waals surface area contributed by atoms with Gasteiger partial charge >= 0.3 is 6.03 Å². The molecule has 5 nitrogen and oxygen atoms in total. The number of hydrogen-bond donors (Lipinski definition) is 1. The molecule has 0 bridgehead atoms. The Kier molecular flexibility index (Phi) is 5.87. The molecule has 1 aromatic rings. The van der Waals surface area contributed by atoms with E-state index in [1.54, 1.807) is 14.2 Å². The molecule has 1 fully saturated rings. The predicted octanol–water partition coefficient (Wildman–Crippen LogP) is 2.58. The first kappa shape index (κ1) is 15.6. The molecule has 1 aliphatic rings. The standard InChI is InChI=1S/C16H24N2O3/c1-20-12-4-10-17-16(19)18-11-3-5-15(18)13-6-8-14(21-2)9-7-13/h6-9,15H,3-5,10-12H2,1-2H3,(H,17,19)/t15-/m0/s1. The fraction of sp³-hybridized carbons (Fsp3) is 0.562. The van der Waals surface area contributed by atoms with Gasteiger partial charge in [-0.25, -0.2) is 4.79 Å². The number of rotatable bonds is 6. The summed E-state index contributed by atoms with van der Waals surface area (Å²) in [6.07, 6.45) is 2.89. The molecular formula is C16H24N2O3. The minimum Gasteiger partial charge on any atom is -0.497 e. The van der Waals surface area contributed by atoms with Crippen molar-refractivity contribution in [3.8, 4) is 5.75 Å². The average Bonchev–Trinajstić information content (AvgIpc) is 3.01. The van der Waals surface area contributed by atoms with E-state index in [2.05, 4.69) is 5.32 Å². The summed E-state index contributed by atoms with van der Waals surface area (Å²) in [6.45, 7) is 2.13. The molecule has 5 heteroatoms. The number of ether oxygens (including phenoxy) is 2. The zero-order chi connectivity index (χ0) is 15.1. The molecule has 0 aliphatic carbocycles. The summed E-state index contributed by atoms with van der Waals surface area (Å²) in [5.41, 5.74) is 1.17. The number of carbonyl (C=O) groups excluding carboxylic acids is 1. The smallest absolute Gasteiger partial charge is 0.317 e. The van der Waals surface area contributed by atoms with E-state index in [4.69, 9.17) is 9.47 Å². The third-order valence-corrected chi connectivity index (χ3v) is 3.82. The summed E-state index contributed by atoms with van der Waals surface area (Å²) in [4.78, 5) is 14.2. The SMILES string of the molecule is COCCCNC(=O)N1CCC[C@H]1c1ccc(OC)cc1. The fourth-order valence-corrected chi connectivity index (χ4v) is 2.70. The number of hydrogen-bond acceptors (Lipinski definition) is 3. The highest BCUT2D eigenvalue weighted by atomic mass is 16.5. The fourth-order valence-electron chi connectivity index (χ4n) is 2.70. The van der Waals surface area contributed by atoms with Crippen molar-refractivity contribution in [2.75, 3.05) is 33.9 Å². The zero-order valence-corrected chi connectivity index (χ0v) is 12.8. The lowest BCUT2D eigenvalue weighted by Crippen LogP contribution is -2.40. The number of likely N-dealkylation sites (tertiary alicyclic amines) is 1. The number of nitrogens with one attached hydrogen (secondary N) is 1. The van der Waals surface area contributed by atoms with E-state index in [9.17, 15) is 4.79 Å². The summed E-state index contributed by atoms with van der Waals surface area (Å²) in [7, 11) is 3.33. The maximum Gasteiger partial charge on any atom is 0.317 e. The highest BCUT2D eigenvalue weighted by Gasteiger charge is 2.29. The minimum absolute atomic E-state index is 0.0180. The predicted molar refractivity (Wildman–Crippen MR) is 81.6 cm³/mol. The Morgan fingerprint density at radius 1 is 1.33 bits per heavy atom. The van der Waals surface area contributed by atoms with Crippen LogP contribution in [-0.4, -0.2) is 44.8 Å². The third kappa shape index (κ3) is 4.11. The molecule has 0 unspecified atom stereocenters. The molecule has 1 atom stereocenters. The molecule has 0 radical (unpaired) electrons. The van der Waals surface area contributed by atoms with E-state index in [1.165, 1.54) is 5.56 Å². The van der Waals surface area contributed by atoms with Crippen molar-refractivity contribution < 1.29 is 14.3 Å². The molecule has 0 aromatic heterocycles. The van der Waals surface area contributed by atoms with Crippen LogP contribution in [0, 0.1) is 0 Å². The summed E-state index contributed by atoms with van der Waals surface area (Å²) in [5, 5.41) is 2.96. The van der Waals surface area contributed by atoms with Crippen LogP contribution in [0.5, 0.6) is 5.75 Å². The number of carbonyl (C=O) groups is 1. The highest BCUT2D eigenvalue weighted by molar-refractivity contribution is 5.75. The van der Waals surface area contributed by atoms with Crippen LogP contribution in [-0.2, 0) is 4.74 Å². The molecule has 1 aromatic carbocycles. The lowest BCUT2D eigenvalue weighted by molar-refractivity contribution is 0.182. The van der Waals surface area contributed by atoms with Crippen LogP contribution in [0.1, 0.15) is 30.9 Å². The van der Waals surface area contributed by atoms with Crippen molar-refractivity contribution in [2.24, 2.45) is 0 Å². The van der Waals surface area contributed by atoms with Crippen molar-refractivity contribution in [1.29, 1.82) is 0 Å². The minimum atomic E-state index is 0.0180. The molecule has 2 rings (SSSR count). The summed E-state index contributed by atoms with van der Waals surface area (Å²) >= 11 is 0. The van der Waals surface area contributed by atoms with Crippen LogP contribution < -0.4 is 10.1 Å². The Morgan fingerprint density at radius 2 is 2.10 bits per heavy atom. The van der Waals surface area contributed by atoms with E-state index in [-0.39, 0.29) is 12.1 Å². The second-order valence-corrected chi connectivity index (χ2v) is 5.20. The van der Waals surface area contributed by atoms with E-state index in [0.717, 1.165) is 31.6 Å². The molecule has 21 heavy (non-hydrogen) atoms. The molecule has 0 saturated carbocycles. The van der Waals surface area contributed by atoms with Gasteiger partial charge < -0.3 is 19.7 Å². The van der Waals surface area contributed by atoms with Crippen molar-refractivity contribution in [1.82, 2.24) is 10.2 Å². The van der Waals surface area contributed by atoms with E-state index >= 15 is 0 Å². The molecule has 1 N–H and O–H groups in total. The molecule has 1 heterocycles. The maximum atomic E-state index is 12.3. The topological polar surface area (TPSA) is 50.8 Å². The second-order valence-electron chi connectivity index (χ2n) is 5.20. The van der Waals surface area contributed by atoms with Crippen LogP contribution >= 0.6 is 0 Å². The molecule has 1 saturated heterocycles. The van der Waals surface area contributed by atoms with Gasteiger partial charge in [0.1, 0.15) is 5.75 Å². The molecule has 1 aliphatic heterocycles. The molecule has 116 valence electrons. The number of amides is 2. The van der Waals surface area contributed by atoms with E-state index in [0.29, 0.717) is 13.2 Å². The van der Waals surface area contributed by atoms with Crippen LogP contribution in [0.4, 0.5) is 4.79 Å². The number of benzene rings is 1. The van der Waals surface area contributed by atoms with Gasteiger partial charge in [0.25, 0.3) is 0 Å². The Labute approximate surface area is 126 Å². The summed E-state index contributed by atoms with van der Waals surface area (Å²) in [6, 6.07) is 8.16. The summed E-state index contributed by atoms with van der Waals surface area (Å²) < 4.78 is 10.2. The first-order valence-electron chi connectivity index (χ1n) is 7.43. The van der Waals surface area contributed by atoms with Crippen molar-refractivity contribution in [3.05, 3.63) is 29.8 Å². The van der Waals surface area contributed by atoms with Gasteiger partial charge in [0, 0.05) is 26.8 Å². The number of methoxy groups -OCH3 is 2. The van der Waals surface area contributed by atoms with Gasteiger partial charge in [0.05, 0.1) is 13.2 Å². The monoisotopic (exact) mass is 292 g/mol. The molecule has 2 amide bonds. The van der Waals surface area contributed by atoms with Gasteiger partial charge in [0.2, 0.25) is 0 Å². The van der Waals surface area contributed by atoms with Crippen molar-refractivity contribution in [2.45, 2.75) is 25.3 Å². The van der Waals surface area contributed by atoms with Gasteiger partial charge in [-0.2, -0.15) is 0 Å². The maximum absolute atomic E-state index is 12.3. The Hall–Kier alpha value is -1.75. The van der Waals surface area contributed by atoms with Gasteiger partial charge in [-0.05, 0) is 37.0 Å². The van der Waals surface area contributed by atoms with Gasteiger partial charge in [-0.3, -0.25) is 0 Å². The third-order valence-electron chi connectivity index (χ3n) is 3.82. The van der Waals surface area contributed by atoms with Crippen LogP contribution in [0.25, 0.3) is 0 Å². The normalized spacial score (nSPS) is 17.8. The Balaban J connectivity index is 1.93. The zero-order valence-electron chi connectivity index (χ0n) is 12.8. The lowest BCUT2D eigenvalue weighted by atomic mass is 10.0. The quantitative estimate of drug-likeness (QED) is 0.820. The van der Waals surface area contributed by atoms with Crippen LogP contribution in [0.2, 0.25) is 0 Å². The Bertz CT molecular complexity index is 447. The van der Waals surface area contributed by atoms with E-state index in [1.807, 2.05) is 29.2 Å². The van der Waals surface area contributed by atoms with Crippen LogP contribution in [0.15, 0.2) is 24.3 Å². The number of nitrogens with zero attached hydrogens (tertiary/aromatic N) is 1. The van der Waals surface area contributed by atoms with Gasteiger partial charge in [-0.1, -0.05) is 12.1 Å². The van der Waals surface area contributed by atoms with Crippen LogP contribution in [0.3, 0.4) is 0 Å². The summed E-state index contributed by atoms with van der Waals surface area (Å²) in [5.74, 6) is 0.840. The largest absolute Gasteiger partial charge is 0.497 e. The van der Waals surface area contributed by atoms with Gasteiger partial charge in [0.15, 0.2) is 0 Å². The van der Waals surface area contributed by atoms with Gasteiger partial charge in [-0.15, -0.1) is 0 Å². The molecule has 0 spiro atoms.